The average molecular weight is 256 g/mol. The van der Waals surface area contributed by atoms with E-state index in [2.05, 4.69) is 10.6 Å². The standard InChI is InChI=1S/C11H16N2O3S/c1-2-4-8(9-5-3-6-17-9)13-11(16)12-7-10(14)15/h3,5-6,8H,2,4,7H2,1H3,(H,14,15)(H2,12,13,16). The Bertz CT molecular complexity index is 365. The minimum Gasteiger partial charge on any atom is -0.480 e. The first-order valence-corrected chi connectivity index (χ1v) is 6.31. The lowest BCUT2D eigenvalue weighted by Crippen LogP contribution is -2.40. The van der Waals surface area contributed by atoms with Crippen LogP contribution in [-0.4, -0.2) is 23.7 Å². The lowest BCUT2D eigenvalue weighted by Gasteiger charge is -2.16. The van der Waals surface area contributed by atoms with E-state index in [1.54, 1.807) is 11.3 Å². The fourth-order valence-corrected chi connectivity index (χ4v) is 2.24. The largest absolute Gasteiger partial charge is 0.480 e. The van der Waals surface area contributed by atoms with Crippen LogP contribution < -0.4 is 10.6 Å². The molecule has 6 heteroatoms. The van der Waals surface area contributed by atoms with Gasteiger partial charge in [-0.15, -0.1) is 11.3 Å². The highest BCUT2D eigenvalue weighted by atomic mass is 32.1. The molecule has 0 fully saturated rings. The number of urea groups is 1. The van der Waals surface area contributed by atoms with Crippen molar-refractivity contribution in [2.75, 3.05) is 6.54 Å². The van der Waals surface area contributed by atoms with E-state index in [1.807, 2.05) is 24.4 Å². The topological polar surface area (TPSA) is 78.4 Å². The van der Waals surface area contributed by atoms with Gasteiger partial charge in [-0.1, -0.05) is 19.4 Å². The minimum atomic E-state index is -1.05. The quantitative estimate of drug-likeness (QED) is 0.728. The zero-order valence-electron chi connectivity index (χ0n) is 9.60. The van der Waals surface area contributed by atoms with Crippen LogP contribution in [0.3, 0.4) is 0 Å². The van der Waals surface area contributed by atoms with Crippen LogP contribution in [0, 0.1) is 0 Å². The number of nitrogens with one attached hydrogen (secondary N) is 2. The molecule has 1 atom stereocenters. The monoisotopic (exact) mass is 256 g/mol. The molecule has 0 aliphatic heterocycles. The molecule has 3 N–H and O–H groups in total. The molecule has 1 rings (SSSR count). The van der Waals surface area contributed by atoms with Crippen LogP contribution in [0.4, 0.5) is 4.79 Å². The van der Waals surface area contributed by atoms with Crippen LogP contribution in [0.5, 0.6) is 0 Å². The molecule has 0 saturated carbocycles. The molecule has 17 heavy (non-hydrogen) atoms. The summed E-state index contributed by atoms with van der Waals surface area (Å²) in [6.45, 7) is 1.67. The van der Waals surface area contributed by atoms with Crippen LogP contribution in [0.25, 0.3) is 0 Å². The van der Waals surface area contributed by atoms with Crippen LogP contribution in [0.1, 0.15) is 30.7 Å². The number of hydrogen-bond acceptors (Lipinski definition) is 3. The van der Waals surface area contributed by atoms with Crippen molar-refractivity contribution in [2.45, 2.75) is 25.8 Å². The van der Waals surface area contributed by atoms with Crippen LogP contribution >= 0.6 is 11.3 Å². The smallest absolute Gasteiger partial charge is 0.323 e. The Labute approximate surface area is 104 Å². The predicted molar refractivity (Wildman–Crippen MR) is 66.1 cm³/mol. The number of carboxylic acids is 1. The number of rotatable bonds is 6. The lowest BCUT2D eigenvalue weighted by atomic mass is 10.1. The molecule has 5 nitrogen and oxygen atoms in total. The fraction of sp³-hybridized carbons (Fsp3) is 0.455. The van der Waals surface area contributed by atoms with Gasteiger partial charge in [-0.05, 0) is 17.9 Å². The second-order valence-electron chi connectivity index (χ2n) is 3.58. The Morgan fingerprint density at radius 2 is 2.29 bits per heavy atom. The Hall–Kier alpha value is -1.56. The highest BCUT2D eigenvalue weighted by molar-refractivity contribution is 7.10. The number of carboxylic acid groups (broad SMARTS) is 1. The van der Waals surface area contributed by atoms with Crippen molar-refractivity contribution in [3.05, 3.63) is 22.4 Å². The minimum absolute atomic E-state index is 0.0474. The maximum atomic E-state index is 11.4. The molecule has 0 spiro atoms. The SMILES string of the molecule is CCCC(NC(=O)NCC(=O)O)c1cccs1. The Kier molecular flexibility index (Phi) is 5.48. The van der Waals surface area contributed by atoms with E-state index in [1.165, 1.54) is 0 Å². The van der Waals surface area contributed by atoms with Crippen molar-refractivity contribution in [3.63, 3.8) is 0 Å². The molecule has 1 aromatic heterocycles. The van der Waals surface area contributed by atoms with E-state index >= 15 is 0 Å². The van der Waals surface area contributed by atoms with Crippen LogP contribution in [0.2, 0.25) is 0 Å². The predicted octanol–water partition coefficient (Wildman–Crippen LogP) is 1.97. The van der Waals surface area contributed by atoms with Gasteiger partial charge >= 0.3 is 12.0 Å². The van der Waals surface area contributed by atoms with E-state index in [4.69, 9.17) is 5.11 Å². The van der Waals surface area contributed by atoms with Crippen molar-refractivity contribution in [1.82, 2.24) is 10.6 Å². The molecule has 0 saturated heterocycles. The summed E-state index contributed by atoms with van der Waals surface area (Å²) in [4.78, 5) is 22.8. The fourth-order valence-electron chi connectivity index (χ4n) is 1.43. The van der Waals surface area contributed by atoms with Crippen molar-refractivity contribution >= 4 is 23.3 Å². The van der Waals surface area contributed by atoms with E-state index in [0.29, 0.717) is 0 Å². The third kappa shape index (κ3) is 4.86. The zero-order valence-corrected chi connectivity index (χ0v) is 10.4. The molecule has 0 aliphatic carbocycles. The number of amides is 2. The third-order valence-corrected chi connectivity index (χ3v) is 3.16. The van der Waals surface area contributed by atoms with E-state index < -0.39 is 12.0 Å². The van der Waals surface area contributed by atoms with Gasteiger partial charge in [-0.3, -0.25) is 4.79 Å². The summed E-state index contributed by atoms with van der Waals surface area (Å²) >= 11 is 1.58. The molecular formula is C11H16N2O3S. The number of hydrogen-bond donors (Lipinski definition) is 3. The van der Waals surface area contributed by atoms with Crippen molar-refractivity contribution in [2.24, 2.45) is 0 Å². The molecular weight excluding hydrogens is 240 g/mol. The van der Waals surface area contributed by atoms with Crippen LogP contribution in [0.15, 0.2) is 17.5 Å². The Balaban J connectivity index is 2.49. The summed E-state index contributed by atoms with van der Waals surface area (Å²) < 4.78 is 0. The average Bonchev–Trinajstić information content (AvgIpc) is 2.79. The molecule has 1 unspecified atom stereocenters. The summed E-state index contributed by atoms with van der Waals surface area (Å²) in [5, 5.41) is 15.5. The molecule has 0 bridgehead atoms. The highest BCUT2D eigenvalue weighted by Gasteiger charge is 2.14. The second-order valence-corrected chi connectivity index (χ2v) is 4.56. The van der Waals surface area contributed by atoms with Gasteiger partial charge in [0.1, 0.15) is 6.54 Å². The number of carbonyl (C=O) groups is 2. The number of carbonyl (C=O) groups excluding carboxylic acids is 1. The first-order valence-electron chi connectivity index (χ1n) is 5.43. The molecule has 2 amide bonds. The number of aliphatic carboxylic acids is 1. The number of thiophene rings is 1. The van der Waals surface area contributed by atoms with E-state index in [9.17, 15) is 9.59 Å². The third-order valence-electron chi connectivity index (χ3n) is 2.17. The molecule has 0 radical (unpaired) electrons. The normalized spacial score (nSPS) is 11.8. The zero-order chi connectivity index (χ0) is 12.7. The Morgan fingerprint density at radius 3 is 2.82 bits per heavy atom. The highest BCUT2D eigenvalue weighted by Crippen LogP contribution is 2.22. The molecule has 0 aromatic carbocycles. The van der Waals surface area contributed by atoms with Gasteiger partial charge in [0, 0.05) is 4.88 Å². The summed E-state index contributed by atoms with van der Waals surface area (Å²) in [5.41, 5.74) is 0. The second kappa shape index (κ2) is 6.90. The molecule has 1 heterocycles. The van der Waals surface area contributed by atoms with Gasteiger partial charge in [-0.25, -0.2) is 4.79 Å². The summed E-state index contributed by atoms with van der Waals surface area (Å²) in [6.07, 6.45) is 1.78. The molecule has 94 valence electrons. The Morgan fingerprint density at radius 1 is 1.53 bits per heavy atom. The van der Waals surface area contributed by atoms with E-state index in [-0.39, 0.29) is 12.6 Å². The molecule has 0 aliphatic rings. The van der Waals surface area contributed by atoms with Gasteiger partial charge < -0.3 is 15.7 Å². The summed E-state index contributed by atoms with van der Waals surface area (Å²) in [5.74, 6) is -1.05. The lowest BCUT2D eigenvalue weighted by molar-refractivity contribution is -0.135. The maximum Gasteiger partial charge on any atom is 0.323 e. The van der Waals surface area contributed by atoms with E-state index in [0.717, 1.165) is 17.7 Å². The van der Waals surface area contributed by atoms with Crippen molar-refractivity contribution in [3.8, 4) is 0 Å². The summed E-state index contributed by atoms with van der Waals surface area (Å²) in [6, 6.07) is 3.40. The van der Waals surface area contributed by atoms with Crippen molar-refractivity contribution in [1.29, 1.82) is 0 Å². The van der Waals surface area contributed by atoms with Gasteiger partial charge in [0.2, 0.25) is 0 Å². The first-order chi connectivity index (χ1) is 8.13. The van der Waals surface area contributed by atoms with Gasteiger partial charge in [0.15, 0.2) is 0 Å². The van der Waals surface area contributed by atoms with Gasteiger partial charge in [0.05, 0.1) is 6.04 Å². The summed E-state index contributed by atoms with van der Waals surface area (Å²) in [7, 11) is 0. The first kappa shape index (κ1) is 13.5. The van der Waals surface area contributed by atoms with Gasteiger partial charge in [0.25, 0.3) is 0 Å². The molecule has 1 aromatic rings. The van der Waals surface area contributed by atoms with Gasteiger partial charge in [-0.2, -0.15) is 0 Å². The maximum absolute atomic E-state index is 11.4. The van der Waals surface area contributed by atoms with Crippen LogP contribution in [-0.2, 0) is 4.79 Å². The van der Waals surface area contributed by atoms with Crippen molar-refractivity contribution < 1.29 is 14.7 Å².